The van der Waals surface area contributed by atoms with Crippen LogP contribution in [0.15, 0.2) is 12.1 Å². The minimum atomic E-state index is 0.183. The van der Waals surface area contributed by atoms with Gasteiger partial charge in [0, 0.05) is 6.04 Å². The summed E-state index contributed by atoms with van der Waals surface area (Å²) < 4.78 is 0. The van der Waals surface area contributed by atoms with Crippen molar-refractivity contribution in [1.82, 2.24) is 5.32 Å². The van der Waals surface area contributed by atoms with E-state index in [9.17, 15) is 0 Å². The Morgan fingerprint density at radius 3 is 2.43 bits per heavy atom. The molecule has 1 atom stereocenters. The van der Waals surface area contributed by atoms with Gasteiger partial charge >= 0.3 is 0 Å². The van der Waals surface area contributed by atoms with E-state index in [1.54, 1.807) is 6.07 Å². The van der Waals surface area contributed by atoms with Crippen molar-refractivity contribution in [3.05, 3.63) is 32.8 Å². The van der Waals surface area contributed by atoms with Crippen molar-refractivity contribution in [1.29, 1.82) is 0 Å². The molecule has 1 aromatic rings. The Bertz CT molecular complexity index is 325. The number of halogens is 3. The quantitative estimate of drug-likeness (QED) is 0.790. The van der Waals surface area contributed by atoms with E-state index in [0.29, 0.717) is 15.1 Å². The predicted octanol–water partition coefficient (Wildman–Crippen LogP) is 4.32. The van der Waals surface area contributed by atoms with Crippen molar-refractivity contribution < 1.29 is 0 Å². The molecule has 0 bridgehead atoms. The lowest BCUT2D eigenvalue weighted by Gasteiger charge is -2.15. The molecular weight excluding hydrogens is 240 g/mol. The van der Waals surface area contributed by atoms with E-state index >= 15 is 0 Å². The van der Waals surface area contributed by atoms with E-state index < -0.39 is 0 Å². The van der Waals surface area contributed by atoms with Gasteiger partial charge in [-0.2, -0.15) is 0 Å². The molecule has 0 aromatic heterocycles. The van der Waals surface area contributed by atoms with Gasteiger partial charge in [0.2, 0.25) is 0 Å². The van der Waals surface area contributed by atoms with Gasteiger partial charge in [0.1, 0.15) is 0 Å². The lowest BCUT2D eigenvalue weighted by Crippen LogP contribution is -2.18. The smallest absolute Gasteiger partial charge is 0.0781 e. The molecule has 1 N–H and O–H groups in total. The highest BCUT2D eigenvalue weighted by Crippen LogP contribution is 2.35. The summed E-state index contributed by atoms with van der Waals surface area (Å²) in [6.45, 7) is 4.97. The molecule has 1 rings (SSSR count). The normalized spacial score (nSPS) is 12.9. The Balaban J connectivity index is 3.04. The summed E-state index contributed by atoms with van der Waals surface area (Å²) in [6.07, 6.45) is 0. The molecule has 0 spiro atoms. The minimum Gasteiger partial charge on any atom is -0.310 e. The highest BCUT2D eigenvalue weighted by Gasteiger charge is 2.12. The van der Waals surface area contributed by atoms with E-state index in [-0.39, 0.29) is 6.04 Å². The topological polar surface area (TPSA) is 12.0 Å². The zero-order valence-electron chi connectivity index (χ0n) is 8.07. The first-order chi connectivity index (χ1) is 6.57. The molecule has 0 saturated carbocycles. The van der Waals surface area contributed by atoms with Gasteiger partial charge in [-0.3, -0.25) is 0 Å². The largest absolute Gasteiger partial charge is 0.310 e. The summed E-state index contributed by atoms with van der Waals surface area (Å²) in [7, 11) is 0. The van der Waals surface area contributed by atoms with Crippen LogP contribution in [0.1, 0.15) is 25.5 Å². The summed E-state index contributed by atoms with van der Waals surface area (Å²) in [6, 6.07) is 3.84. The average molecular weight is 253 g/mol. The number of nitrogens with one attached hydrogen (secondary N) is 1. The highest BCUT2D eigenvalue weighted by atomic mass is 35.5. The van der Waals surface area contributed by atoms with Crippen LogP contribution >= 0.6 is 34.8 Å². The maximum atomic E-state index is 6.07. The molecule has 0 saturated heterocycles. The Kier molecular flexibility index (Phi) is 4.52. The van der Waals surface area contributed by atoms with E-state index in [1.807, 2.05) is 19.9 Å². The predicted molar refractivity (Wildman–Crippen MR) is 63.6 cm³/mol. The van der Waals surface area contributed by atoms with Crippen molar-refractivity contribution in [3.8, 4) is 0 Å². The maximum absolute atomic E-state index is 6.07. The third-order valence-electron chi connectivity index (χ3n) is 2.04. The van der Waals surface area contributed by atoms with Gasteiger partial charge in [0.05, 0.1) is 15.1 Å². The Labute approximate surface area is 99.4 Å². The average Bonchev–Trinajstić information content (AvgIpc) is 2.15. The lowest BCUT2D eigenvalue weighted by molar-refractivity contribution is 0.598. The monoisotopic (exact) mass is 251 g/mol. The number of benzene rings is 1. The second-order valence-electron chi connectivity index (χ2n) is 3.04. The molecule has 0 radical (unpaired) electrons. The highest BCUT2D eigenvalue weighted by molar-refractivity contribution is 6.48. The summed E-state index contributed by atoms with van der Waals surface area (Å²) in [5.74, 6) is 0. The molecule has 4 heteroatoms. The SMILES string of the molecule is CCN[C@@H](C)c1ccc(Cl)c(Cl)c1Cl. The molecule has 14 heavy (non-hydrogen) atoms. The number of rotatable bonds is 3. The van der Waals surface area contributed by atoms with Gasteiger partial charge in [0.15, 0.2) is 0 Å². The zero-order valence-corrected chi connectivity index (χ0v) is 10.3. The van der Waals surface area contributed by atoms with Crippen LogP contribution in [-0.4, -0.2) is 6.54 Å². The van der Waals surface area contributed by atoms with Crippen LogP contribution < -0.4 is 5.32 Å². The minimum absolute atomic E-state index is 0.183. The third-order valence-corrected chi connectivity index (χ3v) is 3.35. The van der Waals surface area contributed by atoms with Gasteiger partial charge in [-0.05, 0) is 25.1 Å². The first-order valence-corrected chi connectivity index (χ1v) is 5.58. The van der Waals surface area contributed by atoms with E-state index in [0.717, 1.165) is 12.1 Å². The molecule has 0 heterocycles. The first kappa shape index (κ1) is 12.1. The van der Waals surface area contributed by atoms with Gasteiger partial charge in [-0.25, -0.2) is 0 Å². The summed E-state index contributed by atoms with van der Waals surface area (Å²) >= 11 is 17.8. The molecule has 0 amide bonds. The van der Waals surface area contributed by atoms with Crippen LogP contribution in [-0.2, 0) is 0 Å². The fourth-order valence-electron chi connectivity index (χ4n) is 1.29. The van der Waals surface area contributed by atoms with Crippen LogP contribution in [0.2, 0.25) is 15.1 Å². The van der Waals surface area contributed by atoms with Gasteiger partial charge in [0.25, 0.3) is 0 Å². The fourth-order valence-corrected chi connectivity index (χ4v) is 2.00. The van der Waals surface area contributed by atoms with Gasteiger partial charge in [-0.1, -0.05) is 47.8 Å². The summed E-state index contributed by atoms with van der Waals surface area (Å²) in [4.78, 5) is 0. The summed E-state index contributed by atoms with van der Waals surface area (Å²) in [5, 5.41) is 4.71. The summed E-state index contributed by atoms with van der Waals surface area (Å²) in [5.41, 5.74) is 0.975. The van der Waals surface area contributed by atoms with Gasteiger partial charge < -0.3 is 5.32 Å². The molecule has 0 unspecified atom stereocenters. The first-order valence-electron chi connectivity index (χ1n) is 4.44. The van der Waals surface area contributed by atoms with Crippen LogP contribution in [0.5, 0.6) is 0 Å². The Morgan fingerprint density at radius 2 is 1.86 bits per heavy atom. The standard InChI is InChI=1S/C10H12Cl3N/c1-3-14-6(2)7-4-5-8(11)10(13)9(7)12/h4-6,14H,3H2,1-2H3/t6-/m0/s1. The number of hydrogen-bond donors (Lipinski definition) is 1. The van der Waals surface area contributed by atoms with Crippen molar-refractivity contribution in [3.63, 3.8) is 0 Å². The van der Waals surface area contributed by atoms with Crippen molar-refractivity contribution in [2.45, 2.75) is 19.9 Å². The molecule has 0 aliphatic heterocycles. The molecule has 78 valence electrons. The van der Waals surface area contributed by atoms with E-state index in [4.69, 9.17) is 34.8 Å². The third kappa shape index (κ3) is 2.54. The van der Waals surface area contributed by atoms with E-state index in [2.05, 4.69) is 5.32 Å². The lowest BCUT2D eigenvalue weighted by atomic mass is 10.1. The molecule has 1 aromatic carbocycles. The van der Waals surface area contributed by atoms with Crippen LogP contribution in [0.4, 0.5) is 0 Å². The van der Waals surface area contributed by atoms with Crippen molar-refractivity contribution in [2.75, 3.05) is 6.54 Å². The van der Waals surface area contributed by atoms with Crippen LogP contribution in [0, 0.1) is 0 Å². The zero-order chi connectivity index (χ0) is 10.7. The second-order valence-corrected chi connectivity index (χ2v) is 4.21. The molecule has 0 aliphatic rings. The number of hydrogen-bond acceptors (Lipinski definition) is 1. The van der Waals surface area contributed by atoms with Crippen LogP contribution in [0.3, 0.4) is 0 Å². The Morgan fingerprint density at radius 1 is 1.21 bits per heavy atom. The molecule has 0 aliphatic carbocycles. The maximum Gasteiger partial charge on any atom is 0.0781 e. The molecular formula is C10H12Cl3N. The van der Waals surface area contributed by atoms with Crippen molar-refractivity contribution in [2.24, 2.45) is 0 Å². The fraction of sp³-hybridized carbons (Fsp3) is 0.400. The van der Waals surface area contributed by atoms with Crippen LogP contribution in [0.25, 0.3) is 0 Å². The molecule has 1 nitrogen and oxygen atoms in total. The van der Waals surface area contributed by atoms with Crippen molar-refractivity contribution >= 4 is 34.8 Å². The second kappa shape index (κ2) is 5.22. The molecule has 0 fully saturated rings. The Hall–Kier alpha value is 0.0500. The van der Waals surface area contributed by atoms with Gasteiger partial charge in [-0.15, -0.1) is 0 Å². The van der Waals surface area contributed by atoms with E-state index in [1.165, 1.54) is 0 Å².